The van der Waals surface area contributed by atoms with E-state index in [1.54, 1.807) is 6.07 Å². The molecule has 0 fully saturated rings. The van der Waals surface area contributed by atoms with Gasteiger partial charge in [0, 0.05) is 15.1 Å². The SMILES string of the molecule is CC(C)Cc1cccc(C(O)c2ccc(Br)cc2Cl)c1. The maximum absolute atomic E-state index is 10.5. The smallest absolute Gasteiger partial charge is 0.105 e. The third-order valence-electron chi connectivity index (χ3n) is 3.17. The predicted octanol–water partition coefficient (Wildman–Crippen LogP) is 5.38. The van der Waals surface area contributed by atoms with Gasteiger partial charge in [-0.1, -0.05) is 71.7 Å². The molecule has 1 N–H and O–H groups in total. The first-order chi connectivity index (χ1) is 9.47. The maximum Gasteiger partial charge on any atom is 0.105 e. The lowest BCUT2D eigenvalue weighted by molar-refractivity contribution is 0.220. The van der Waals surface area contributed by atoms with Crippen molar-refractivity contribution in [2.24, 2.45) is 5.92 Å². The minimum absolute atomic E-state index is 0.570. The zero-order chi connectivity index (χ0) is 14.7. The zero-order valence-electron chi connectivity index (χ0n) is 11.6. The van der Waals surface area contributed by atoms with E-state index in [1.165, 1.54) is 5.56 Å². The van der Waals surface area contributed by atoms with E-state index in [9.17, 15) is 5.11 Å². The topological polar surface area (TPSA) is 20.2 Å². The number of hydrogen-bond acceptors (Lipinski definition) is 1. The summed E-state index contributed by atoms with van der Waals surface area (Å²) in [6, 6.07) is 13.6. The second-order valence-corrected chi connectivity index (χ2v) is 6.73. The fourth-order valence-electron chi connectivity index (χ4n) is 2.26. The van der Waals surface area contributed by atoms with Crippen molar-refractivity contribution < 1.29 is 5.11 Å². The monoisotopic (exact) mass is 352 g/mol. The normalized spacial score (nSPS) is 12.7. The van der Waals surface area contributed by atoms with Crippen LogP contribution in [0.1, 0.15) is 36.6 Å². The van der Waals surface area contributed by atoms with E-state index in [-0.39, 0.29) is 0 Å². The molecule has 3 heteroatoms. The maximum atomic E-state index is 10.5. The molecule has 2 rings (SSSR count). The first kappa shape index (κ1) is 15.6. The van der Waals surface area contributed by atoms with Crippen molar-refractivity contribution in [2.45, 2.75) is 26.4 Å². The van der Waals surface area contributed by atoms with E-state index in [2.05, 4.69) is 41.9 Å². The minimum atomic E-state index is -0.692. The molecule has 1 atom stereocenters. The molecule has 0 heterocycles. The predicted molar refractivity (Wildman–Crippen MR) is 88.2 cm³/mol. The Morgan fingerprint density at radius 3 is 2.55 bits per heavy atom. The van der Waals surface area contributed by atoms with Gasteiger partial charge in [0.15, 0.2) is 0 Å². The number of benzene rings is 2. The summed E-state index contributed by atoms with van der Waals surface area (Å²) in [5.74, 6) is 0.596. The summed E-state index contributed by atoms with van der Waals surface area (Å²) in [6.07, 6.45) is 0.317. The van der Waals surface area contributed by atoms with Crippen molar-refractivity contribution in [1.82, 2.24) is 0 Å². The Kier molecular flexibility index (Phi) is 5.25. The zero-order valence-corrected chi connectivity index (χ0v) is 13.9. The van der Waals surface area contributed by atoms with Crippen LogP contribution in [0.15, 0.2) is 46.9 Å². The lowest BCUT2D eigenvalue weighted by Gasteiger charge is -2.15. The second-order valence-electron chi connectivity index (χ2n) is 5.41. The van der Waals surface area contributed by atoms with Crippen LogP contribution in [0.4, 0.5) is 0 Å². The highest BCUT2D eigenvalue weighted by Gasteiger charge is 2.14. The third-order valence-corrected chi connectivity index (χ3v) is 3.99. The average molecular weight is 354 g/mol. The van der Waals surface area contributed by atoms with Gasteiger partial charge < -0.3 is 5.11 Å². The molecule has 0 radical (unpaired) electrons. The molecule has 0 aliphatic rings. The highest BCUT2D eigenvalue weighted by Crippen LogP contribution is 2.31. The lowest BCUT2D eigenvalue weighted by Crippen LogP contribution is -2.02. The Morgan fingerprint density at radius 2 is 1.90 bits per heavy atom. The molecule has 0 amide bonds. The average Bonchev–Trinajstić information content (AvgIpc) is 2.37. The Labute approximate surface area is 133 Å². The molecule has 0 saturated heterocycles. The van der Waals surface area contributed by atoms with Gasteiger partial charge in [0.2, 0.25) is 0 Å². The summed E-state index contributed by atoms with van der Waals surface area (Å²) in [5, 5.41) is 11.1. The van der Waals surface area contributed by atoms with E-state index >= 15 is 0 Å². The molecule has 1 nitrogen and oxygen atoms in total. The molecule has 2 aromatic carbocycles. The fraction of sp³-hybridized carbons (Fsp3) is 0.294. The number of aliphatic hydroxyl groups excluding tert-OH is 1. The minimum Gasteiger partial charge on any atom is -0.384 e. The standard InChI is InChI=1S/C17H18BrClO/c1-11(2)8-12-4-3-5-13(9-12)17(20)15-7-6-14(18)10-16(15)19/h3-7,9-11,17,20H,8H2,1-2H3. The van der Waals surface area contributed by atoms with E-state index in [1.807, 2.05) is 24.3 Å². The van der Waals surface area contributed by atoms with Gasteiger partial charge in [-0.2, -0.15) is 0 Å². The first-order valence-corrected chi connectivity index (χ1v) is 7.86. The van der Waals surface area contributed by atoms with Crippen LogP contribution in [-0.4, -0.2) is 5.11 Å². The second kappa shape index (κ2) is 6.75. The molecule has 106 valence electrons. The summed E-state index contributed by atoms with van der Waals surface area (Å²) >= 11 is 9.58. The van der Waals surface area contributed by atoms with Crippen molar-refractivity contribution in [3.63, 3.8) is 0 Å². The van der Waals surface area contributed by atoms with Crippen LogP contribution in [-0.2, 0) is 6.42 Å². The molecule has 1 unspecified atom stereocenters. The van der Waals surface area contributed by atoms with Crippen molar-refractivity contribution in [2.75, 3.05) is 0 Å². The van der Waals surface area contributed by atoms with Crippen molar-refractivity contribution in [1.29, 1.82) is 0 Å². The molecular formula is C17H18BrClO. The van der Waals surface area contributed by atoms with Crippen molar-refractivity contribution in [3.8, 4) is 0 Å². The Balaban J connectivity index is 2.30. The fourth-order valence-corrected chi connectivity index (χ4v) is 3.04. The van der Waals surface area contributed by atoms with Gasteiger partial charge in [-0.15, -0.1) is 0 Å². The number of aliphatic hydroxyl groups is 1. The van der Waals surface area contributed by atoms with Crippen LogP contribution in [0.5, 0.6) is 0 Å². The summed E-state index contributed by atoms with van der Waals surface area (Å²) in [6.45, 7) is 4.38. The van der Waals surface area contributed by atoms with Gasteiger partial charge in [0.05, 0.1) is 0 Å². The van der Waals surface area contributed by atoms with Crippen molar-refractivity contribution in [3.05, 3.63) is 68.7 Å². The Bertz CT molecular complexity index is 595. The highest BCUT2D eigenvalue weighted by atomic mass is 79.9. The summed E-state index contributed by atoms with van der Waals surface area (Å²) in [5.41, 5.74) is 2.86. The van der Waals surface area contributed by atoms with Gasteiger partial charge in [-0.3, -0.25) is 0 Å². The summed E-state index contributed by atoms with van der Waals surface area (Å²) < 4.78 is 0.909. The quantitative estimate of drug-likeness (QED) is 0.782. The molecule has 0 aromatic heterocycles. The molecule has 20 heavy (non-hydrogen) atoms. The summed E-state index contributed by atoms with van der Waals surface area (Å²) in [4.78, 5) is 0. The number of halogens is 2. The van der Waals surface area contributed by atoms with Crippen LogP contribution < -0.4 is 0 Å². The van der Waals surface area contributed by atoms with Gasteiger partial charge in [0.25, 0.3) is 0 Å². The van der Waals surface area contributed by atoms with E-state index in [0.717, 1.165) is 22.0 Å². The molecule has 0 spiro atoms. The van der Waals surface area contributed by atoms with Crippen LogP contribution in [0, 0.1) is 5.92 Å². The molecule has 2 aromatic rings. The number of hydrogen-bond donors (Lipinski definition) is 1. The van der Waals surface area contributed by atoms with Crippen LogP contribution in [0.25, 0.3) is 0 Å². The molecule has 0 saturated carbocycles. The third kappa shape index (κ3) is 3.85. The van der Waals surface area contributed by atoms with Gasteiger partial charge >= 0.3 is 0 Å². The highest BCUT2D eigenvalue weighted by molar-refractivity contribution is 9.10. The Morgan fingerprint density at radius 1 is 1.15 bits per heavy atom. The van der Waals surface area contributed by atoms with Gasteiger partial charge in [-0.05, 0) is 35.6 Å². The van der Waals surface area contributed by atoms with Crippen LogP contribution in [0.2, 0.25) is 5.02 Å². The van der Waals surface area contributed by atoms with E-state index in [0.29, 0.717) is 10.9 Å². The molecule has 0 bridgehead atoms. The number of rotatable bonds is 4. The van der Waals surface area contributed by atoms with Crippen LogP contribution >= 0.6 is 27.5 Å². The lowest BCUT2D eigenvalue weighted by atomic mass is 9.96. The first-order valence-electron chi connectivity index (χ1n) is 6.69. The van der Waals surface area contributed by atoms with Crippen LogP contribution in [0.3, 0.4) is 0 Å². The summed E-state index contributed by atoms with van der Waals surface area (Å²) in [7, 11) is 0. The van der Waals surface area contributed by atoms with E-state index < -0.39 is 6.10 Å². The van der Waals surface area contributed by atoms with Crippen molar-refractivity contribution >= 4 is 27.5 Å². The van der Waals surface area contributed by atoms with Gasteiger partial charge in [0.1, 0.15) is 6.10 Å². The molecule has 0 aliphatic carbocycles. The largest absolute Gasteiger partial charge is 0.384 e. The van der Waals surface area contributed by atoms with E-state index in [4.69, 9.17) is 11.6 Å². The molecule has 0 aliphatic heterocycles. The Hall–Kier alpha value is -0.830. The van der Waals surface area contributed by atoms with Gasteiger partial charge in [-0.25, -0.2) is 0 Å². The molecular weight excluding hydrogens is 336 g/mol.